The molecule has 3 N–H and O–H groups in total. The van der Waals surface area contributed by atoms with E-state index in [-0.39, 0.29) is 30.3 Å². The van der Waals surface area contributed by atoms with Gasteiger partial charge in [-0.1, -0.05) is 20.3 Å². The first-order valence-electron chi connectivity index (χ1n) is 7.15. The molecule has 0 spiro atoms. The lowest BCUT2D eigenvalue weighted by Gasteiger charge is -2.21. The van der Waals surface area contributed by atoms with Crippen molar-refractivity contribution in [2.45, 2.75) is 52.5 Å². The van der Waals surface area contributed by atoms with Gasteiger partial charge in [0.05, 0.1) is 6.54 Å². The molecule has 0 aromatic carbocycles. The lowest BCUT2D eigenvalue weighted by molar-refractivity contribution is -0.137. The molecule has 112 valence electrons. The van der Waals surface area contributed by atoms with Crippen molar-refractivity contribution in [1.29, 1.82) is 0 Å². The number of carbonyl (C=O) groups is 2. The van der Waals surface area contributed by atoms with Crippen molar-refractivity contribution in [3.8, 4) is 0 Å². The Morgan fingerprint density at radius 1 is 1.26 bits per heavy atom. The number of hydrogen-bond acceptors (Lipinski definition) is 3. The van der Waals surface area contributed by atoms with Crippen LogP contribution in [0.5, 0.6) is 0 Å². The zero-order chi connectivity index (χ0) is 14.8. The molecule has 0 bridgehead atoms. The van der Waals surface area contributed by atoms with E-state index < -0.39 is 0 Å². The molecular weight excluding hydrogens is 242 g/mol. The molecule has 2 unspecified atom stereocenters. The lowest BCUT2D eigenvalue weighted by Crippen LogP contribution is -2.40. The Labute approximate surface area is 116 Å². The maximum absolute atomic E-state index is 12.0. The van der Waals surface area contributed by atoms with Gasteiger partial charge >= 0.3 is 0 Å². The number of nitrogens with zero attached hydrogens (tertiary/aromatic N) is 1. The van der Waals surface area contributed by atoms with E-state index in [4.69, 9.17) is 5.73 Å². The van der Waals surface area contributed by atoms with Gasteiger partial charge in [0.15, 0.2) is 0 Å². The summed E-state index contributed by atoms with van der Waals surface area (Å²) in [4.78, 5) is 25.1. The second-order valence-corrected chi connectivity index (χ2v) is 5.35. The first-order valence-corrected chi connectivity index (χ1v) is 7.15. The van der Waals surface area contributed by atoms with Crippen molar-refractivity contribution in [1.82, 2.24) is 10.2 Å². The van der Waals surface area contributed by atoms with Crippen molar-refractivity contribution in [2.24, 2.45) is 11.7 Å². The van der Waals surface area contributed by atoms with Gasteiger partial charge in [0.25, 0.3) is 0 Å². The molecule has 0 rings (SSSR count). The van der Waals surface area contributed by atoms with E-state index in [2.05, 4.69) is 5.32 Å². The minimum Gasteiger partial charge on any atom is -0.355 e. The number of rotatable bonds is 9. The van der Waals surface area contributed by atoms with Gasteiger partial charge in [-0.25, -0.2) is 0 Å². The molecule has 0 aromatic rings. The molecular formula is C14H29N3O2. The van der Waals surface area contributed by atoms with Gasteiger partial charge < -0.3 is 16.0 Å². The van der Waals surface area contributed by atoms with Crippen LogP contribution in [-0.2, 0) is 9.59 Å². The molecule has 0 aliphatic carbocycles. The van der Waals surface area contributed by atoms with Crippen molar-refractivity contribution in [3.05, 3.63) is 0 Å². The fraction of sp³-hybridized carbons (Fsp3) is 0.857. The van der Waals surface area contributed by atoms with Gasteiger partial charge in [0.1, 0.15) is 0 Å². The lowest BCUT2D eigenvalue weighted by atomic mass is 10.0. The average Bonchev–Trinajstić information content (AvgIpc) is 2.34. The van der Waals surface area contributed by atoms with Crippen LogP contribution in [0.25, 0.3) is 0 Å². The molecule has 0 heterocycles. The Bertz CT molecular complexity index is 280. The highest BCUT2D eigenvalue weighted by Crippen LogP contribution is 2.11. The van der Waals surface area contributed by atoms with Crippen molar-refractivity contribution >= 4 is 11.8 Å². The fourth-order valence-corrected chi connectivity index (χ4v) is 1.86. The number of hydrogen-bond donors (Lipinski definition) is 2. The number of amides is 2. The van der Waals surface area contributed by atoms with Crippen LogP contribution < -0.4 is 11.1 Å². The van der Waals surface area contributed by atoms with E-state index in [1.54, 1.807) is 7.05 Å². The fourth-order valence-electron chi connectivity index (χ4n) is 1.86. The Hall–Kier alpha value is -1.10. The predicted molar refractivity (Wildman–Crippen MR) is 77.6 cm³/mol. The minimum atomic E-state index is -0.0968. The second kappa shape index (κ2) is 9.78. The number of nitrogens with two attached hydrogens (primary N) is 1. The monoisotopic (exact) mass is 271 g/mol. The maximum Gasteiger partial charge on any atom is 0.239 e. The third kappa shape index (κ3) is 8.59. The van der Waals surface area contributed by atoms with Crippen molar-refractivity contribution in [3.63, 3.8) is 0 Å². The van der Waals surface area contributed by atoms with E-state index in [1.807, 2.05) is 20.8 Å². The smallest absolute Gasteiger partial charge is 0.239 e. The summed E-state index contributed by atoms with van der Waals surface area (Å²) < 4.78 is 0. The number of likely N-dealkylation sites (N-methyl/N-ethyl adjacent to an activating group) is 1. The molecule has 0 fully saturated rings. The molecule has 2 amide bonds. The van der Waals surface area contributed by atoms with E-state index >= 15 is 0 Å². The van der Waals surface area contributed by atoms with Crippen LogP contribution in [0, 0.1) is 5.92 Å². The molecule has 5 heteroatoms. The maximum atomic E-state index is 12.0. The summed E-state index contributed by atoms with van der Waals surface area (Å²) in [6.07, 6.45) is 3.59. The SMILES string of the molecule is CCCNC(=O)CN(C)C(=O)C(C)CCCC(C)N. The van der Waals surface area contributed by atoms with E-state index in [0.717, 1.165) is 25.7 Å². The second-order valence-electron chi connectivity index (χ2n) is 5.35. The normalized spacial score (nSPS) is 13.7. The summed E-state index contributed by atoms with van der Waals surface area (Å²) >= 11 is 0. The molecule has 0 aliphatic rings. The molecule has 0 saturated heterocycles. The largest absolute Gasteiger partial charge is 0.355 e. The third-order valence-electron chi connectivity index (χ3n) is 3.05. The van der Waals surface area contributed by atoms with E-state index in [1.165, 1.54) is 4.90 Å². The highest BCUT2D eigenvalue weighted by Gasteiger charge is 2.19. The Morgan fingerprint density at radius 2 is 1.89 bits per heavy atom. The highest BCUT2D eigenvalue weighted by molar-refractivity contribution is 5.85. The summed E-state index contributed by atoms with van der Waals surface area (Å²) in [7, 11) is 1.68. The van der Waals surface area contributed by atoms with Crippen LogP contribution in [0.3, 0.4) is 0 Å². The Balaban J connectivity index is 3.99. The van der Waals surface area contributed by atoms with Gasteiger partial charge in [0, 0.05) is 25.6 Å². The first-order chi connectivity index (χ1) is 8.88. The van der Waals surface area contributed by atoms with Gasteiger partial charge in [-0.15, -0.1) is 0 Å². The molecule has 2 atom stereocenters. The quantitative estimate of drug-likeness (QED) is 0.660. The molecule has 0 aromatic heterocycles. The standard InChI is InChI=1S/C14H29N3O2/c1-5-9-16-13(18)10-17(4)14(19)11(2)7-6-8-12(3)15/h11-12H,5-10,15H2,1-4H3,(H,16,18). The van der Waals surface area contributed by atoms with Gasteiger partial charge in [0.2, 0.25) is 11.8 Å². The van der Waals surface area contributed by atoms with Crippen LogP contribution in [-0.4, -0.2) is 42.9 Å². The van der Waals surface area contributed by atoms with Crippen molar-refractivity contribution < 1.29 is 9.59 Å². The average molecular weight is 271 g/mol. The minimum absolute atomic E-state index is 0.0244. The number of carbonyl (C=O) groups excluding carboxylic acids is 2. The summed E-state index contributed by atoms with van der Waals surface area (Å²) in [6.45, 7) is 6.66. The van der Waals surface area contributed by atoms with Crippen LogP contribution in [0.2, 0.25) is 0 Å². The Kier molecular flexibility index (Phi) is 9.21. The summed E-state index contributed by atoms with van der Waals surface area (Å²) in [6, 6.07) is 0.180. The topological polar surface area (TPSA) is 75.4 Å². The van der Waals surface area contributed by atoms with Crippen LogP contribution in [0.4, 0.5) is 0 Å². The number of nitrogens with one attached hydrogen (secondary N) is 1. The summed E-state index contributed by atoms with van der Waals surface area (Å²) in [5, 5.41) is 2.77. The highest BCUT2D eigenvalue weighted by atomic mass is 16.2. The van der Waals surface area contributed by atoms with Gasteiger partial charge in [-0.2, -0.15) is 0 Å². The molecule has 0 radical (unpaired) electrons. The third-order valence-corrected chi connectivity index (χ3v) is 3.05. The molecule has 19 heavy (non-hydrogen) atoms. The summed E-state index contributed by atoms with van der Waals surface area (Å²) in [5.41, 5.74) is 5.68. The molecule has 0 aliphatic heterocycles. The zero-order valence-electron chi connectivity index (χ0n) is 12.7. The van der Waals surface area contributed by atoms with Crippen LogP contribution >= 0.6 is 0 Å². The van der Waals surface area contributed by atoms with Crippen LogP contribution in [0.15, 0.2) is 0 Å². The summed E-state index contributed by atoms with van der Waals surface area (Å²) in [5.74, 6) is -0.125. The van der Waals surface area contributed by atoms with E-state index in [0.29, 0.717) is 6.54 Å². The van der Waals surface area contributed by atoms with E-state index in [9.17, 15) is 9.59 Å². The predicted octanol–water partition coefficient (Wildman–Crippen LogP) is 1.12. The molecule has 0 saturated carbocycles. The Morgan fingerprint density at radius 3 is 2.42 bits per heavy atom. The first kappa shape index (κ1) is 17.9. The van der Waals surface area contributed by atoms with Crippen molar-refractivity contribution in [2.75, 3.05) is 20.1 Å². The molecule has 5 nitrogen and oxygen atoms in total. The zero-order valence-corrected chi connectivity index (χ0v) is 12.7. The van der Waals surface area contributed by atoms with Gasteiger partial charge in [-0.05, 0) is 26.2 Å². The van der Waals surface area contributed by atoms with Crippen LogP contribution in [0.1, 0.15) is 46.5 Å². The van der Waals surface area contributed by atoms with Gasteiger partial charge in [-0.3, -0.25) is 9.59 Å².